The van der Waals surface area contributed by atoms with Gasteiger partial charge in [0.05, 0.1) is 16.7 Å². The second-order valence-corrected chi connectivity index (χ2v) is 5.31. The van der Waals surface area contributed by atoms with Crippen molar-refractivity contribution in [1.82, 2.24) is 9.55 Å². The number of aromatic nitrogens is 2. The fraction of sp³-hybridized carbons (Fsp3) is 0.235. The van der Waals surface area contributed by atoms with Gasteiger partial charge in [-0.1, -0.05) is 24.3 Å². The molecule has 21 heavy (non-hydrogen) atoms. The number of benzene rings is 2. The predicted molar refractivity (Wildman–Crippen MR) is 85.3 cm³/mol. The minimum absolute atomic E-state index is 0.323. The fourth-order valence-electron chi connectivity index (χ4n) is 2.53. The van der Waals surface area contributed by atoms with E-state index < -0.39 is 0 Å². The van der Waals surface area contributed by atoms with Crippen molar-refractivity contribution in [3.05, 3.63) is 54.4 Å². The third-order valence-electron chi connectivity index (χ3n) is 3.46. The molecule has 0 unspecified atom stereocenters. The van der Waals surface area contributed by atoms with E-state index in [1.807, 2.05) is 42.5 Å². The van der Waals surface area contributed by atoms with Crippen LogP contribution in [0.3, 0.4) is 0 Å². The molecule has 1 aromatic heterocycles. The average molecular weight is 281 g/mol. The van der Waals surface area contributed by atoms with E-state index in [1.165, 1.54) is 0 Å². The SMILES string of the molecule is CC(C)n1c(COc2ccccc2N)nc2ccccc21. The van der Waals surface area contributed by atoms with Crippen LogP contribution in [0.2, 0.25) is 0 Å². The highest BCUT2D eigenvalue weighted by molar-refractivity contribution is 5.76. The largest absolute Gasteiger partial charge is 0.484 e. The number of ether oxygens (including phenoxy) is 1. The van der Waals surface area contributed by atoms with Gasteiger partial charge < -0.3 is 15.0 Å². The summed E-state index contributed by atoms with van der Waals surface area (Å²) in [5, 5.41) is 0. The van der Waals surface area contributed by atoms with Gasteiger partial charge in [0.15, 0.2) is 0 Å². The number of nitrogens with zero attached hydrogens (tertiary/aromatic N) is 2. The topological polar surface area (TPSA) is 53.1 Å². The molecule has 3 aromatic rings. The first kappa shape index (κ1) is 13.5. The van der Waals surface area contributed by atoms with Crippen molar-refractivity contribution < 1.29 is 4.74 Å². The molecule has 0 spiro atoms. The number of rotatable bonds is 4. The zero-order chi connectivity index (χ0) is 14.8. The highest BCUT2D eigenvalue weighted by atomic mass is 16.5. The molecule has 0 radical (unpaired) electrons. The van der Waals surface area contributed by atoms with Crippen LogP contribution < -0.4 is 10.5 Å². The molecule has 4 heteroatoms. The van der Waals surface area contributed by atoms with Crippen molar-refractivity contribution in [3.8, 4) is 5.75 Å². The van der Waals surface area contributed by atoms with Crippen molar-refractivity contribution in [2.75, 3.05) is 5.73 Å². The molecule has 0 atom stereocenters. The molecule has 0 saturated carbocycles. The van der Waals surface area contributed by atoms with Gasteiger partial charge in [-0.3, -0.25) is 0 Å². The molecular weight excluding hydrogens is 262 g/mol. The number of imidazole rings is 1. The zero-order valence-corrected chi connectivity index (χ0v) is 12.3. The Balaban J connectivity index is 1.93. The standard InChI is InChI=1S/C17H19N3O/c1-12(2)20-15-9-5-4-8-14(15)19-17(20)11-21-16-10-6-3-7-13(16)18/h3-10,12H,11,18H2,1-2H3. The molecule has 0 bridgehead atoms. The number of fused-ring (bicyclic) bond motifs is 1. The summed E-state index contributed by atoms with van der Waals surface area (Å²) in [5.41, 5.74) is 8.67. The highest BCUT2D eigenvalue weighted by Gasteiger charge is 2.13. The van der Waals surface area contributed by atoms with E-state index in [4.69, 9.17) is 10.5 Å². The Hall–Kier alpha value is -2.49. The van der Waals surface area contributed by atoms with Crippen LogP contribution in [0.5, 0.6) is 5.75 Å². The van der Waals surface area contributed by atoms with Crippen LogP contribution in [0.1, 0.15) is 25.7 Å². The van der Waals surface area contributed by atoms with E-state index in [9.17, 15) is 0 Å². The quantitative estimate of drug-likeness (QED) is 0.740. The van der Waals surface area contributed by atoms with Crippen LogP contribution in [0.25, 0.3) is 11.0 Å². The summed E-state index contributed by atoms with van der Waals surface area (Å²) < 4.78 is 8.04. The molecule has 2 aromatic carbocycles. The summed E-state index contributed by atoms with van der Waals surface area (Å²) in [5.74, 6) is 1.61. The Morgan fingerprint density at radius 3 is 2.57 bits per heavy atom. The van der Waals surface area contributed by atoms with Gasteiger partial charge in [-0.2, -0.15) is 0 Å². The lowest BCUT2D eigenvalue weighted by Gasteiger charge is -2.14. The number of hydrogen-bond donors (Lipinski definition) is 1. The second-order valence-electron chi connectivity index (χ2n) is 5.31. The van der Waals surface area contributed by atoms with Gasteiger partial charge in [0.25, 0.3) is 0 Å². The van der Waals surface area contributed by atoms with Crippen LogP contribution in [0, 0.1) is 0 Å². The summed E-state index contributed by atoms with van der Waals surface area (Å²) in [6.45, 7) is 4.70. The minimum atomic E-state index is 0.323. The zero-order valence-electron chi connectivity index (χ0n) is 12.3. The van der Waals surface area contributed by atoms with Gasteiger partial charge in [0.2, 0.25) is 0 Å². The molecule has 1 heterocycles. The number of hydrogen-bond acceptors (Lipinski definition) is 3. The maximum Gasteiger partial charge on any atom is 0.148 e. The van der Waals surface area contributed by atoms with Gasteiger partial charge in [0, 0.05) is 6.04 Å². The molecule has 3 rings (SSSR count). The predicted octanol–water partition coefficient (Wildman–Crippen LogP) is 3.78. The highest BCUT2D eigenvalue weighted by Crippen LogP contribution is 2.24. The van der Waals surface area contributed by atoms with Crippen LogP contribution in [0.4, 0.5) is 5.69 Å². The van der Waals surface area contributed by atoms with Crippen LogP contribution in [-0.4, -0.2) is 9.55 Å². The Morgan fingerprint density at radius 2 is 1.81 bits per heavy atom. The lowest BCUT2D eigenvalue weighted by Crippen LogP contribution is -2.09. The molecule has 0 amide bonds. The van der Waals surface area contributed by atoms with Crippen molar-refractivity contribution in [3.63, 3.8) is 0 Å². The Morgan fingerprint density at radius 1 is 1.10 bits per heavy atom. The van der Waals surface area contributed by atoms with Crippen LogP contribution in [-0.2, 0) is 6.61 Å². The van der Waals surface area contributed by atoms with E-state index in [0.717, 1.165) is 16.9 Å². The fourth-order valence-corrected chi connectivity index (χ4v) is 2.53. The monoisotopic (exact) mass is 281 g/mol. The Labute approximate surface area is 124 Å². The number of anilines is 1. The van der Waals surface area contributed by atoms with E-state index >= 15 is 0 Å². The molecule has 4 nitrogen and oxygen atoms in total. The van der Waals surface area contributed by atoms with E-state index in [2.05, 4.69) is 29.5 Å². The summed E-state index contributed by atoms with van der Waals surface area (Å²) in [6.07, 6.45) is 0. The second kappa shape index (κ2) is 5.48. The lowest BCUT2D eigenvalue weighted by molar-refractivity contribution is 0.289. The van der Waals surface area contributed by atoms with E-state index in [-0.39, 0.29) is 0 Å². The first-order chi connectivity index (χ1) is 10.2. The maximum absolute atomic E-state index is 5.91. The van der Waals surface area contributed by atoms with Gasteiger partial charge in [-0.25, -0.2) is 4.98 Å². The number of nitrogen functional groups attached to an aromatic ring is 1. The molecular formula is C17H19N3O. The molecule has 0 fully saturated rings. The normalized spacial score (nSPS) is 11.2. The molecule has 2 N–H and O–H groups in total. The van der Waals surface area contributed by atoms with Crippen molar-refractivity contribution >= 4 is 16.7 Å². The van der Waals surface area contributed by atoms with Crippen molar-refractivity contribution in [2.24, 2.45) is 0 Å². The number of para-hydroxylation sites is 4. The lowest BCUT2D eigenvalue weighted by atomic mass is 10.3. The van der Waals surface area contributed by atoms with Crippen LogP contribution in [0.15, 0.2) is 48.5 Å². The first-order valence-electron chi connectivity index (χ1n) is 7.10. The molecule has 0 aliphatic rings. The molecule has 0 saturated heterocycles. The van der Waals surface area contributed by atoms with E-state index in [0.29, 0.717) is 24.1 Å². The van der Waals surface area contributed by atoms with Gasteiger partial charge >= 0.3 is 0 Å². The third-order valence-corrected chi connectivity index (χ3v) is 3.46. The van der Waals surface area contributed by atoms with E-state index in [1.54, 1.807) is 0 Å². The number of nitrogens with two attached hydrogens (primary N) is 1. The summed E-state index contributed by atoms with van der Waals surface area (Å²) in [7, 11) is 0. The molecule has 0 aliphatic heterocycles. The van der Waals surface area contributed by atoms with Gasteiger partial charge in [-0.15, -0.1) is 0 Å². The first-order valence-corrected chi connectivity index (χ1v) is 7.10. The third kappa shape index (κ3) is 2.57. The molecule has 0 aliphatic carbocycles. The Kier molecular flexibility index (Phi) is 3.52. The average Bonchev–Trinajstić information content (AvgIpc) is 2.85. The maximum atomic E-state index is 5.91. The molecule has 108 valence electrons. The smallest absolute Gasteiger partial charge is 0.148 e. The summed E-state index contributed by atoms with van der Waals surface area (Å²) in [4.78, 5) is 4.68. The van der Waals surface area contributed by atoms with Crippen molar-refractivity contribution in [1.29, 1.82) is 0 Å². The van der Waals surface area contributed by atoms with Gasteiger partial charge in [0.1, 0.15) is 18.2 Å². The minimum Gasteiger partial charge on any atom is -0.484 e. The summed E-state index contributed by atoms with van der Waals surface area (Å²) in [6, 6.07) is 16.0. The Bertz CT molecular complexity index is 762. The van der Waals surface area contributed by atoms with Crippen LogP contribution >= 0.6 is 0 Å². The van der Waals surface area contributed by atoms with Crippen molar-refractivity contribution in [2.45, 2.75) is 26.5 Å². The summed E-state index contributed by atoms with van der Waals surface area (Å²) >= 11 is 0. The van der Waals surface area contributed by atoms with Gasteiger partial charge in [-0.05, 0) is 38.1 Å².